The van der Waals surface area contributed by atoms with Crippen molar-refractivity contribution in [2.45, 2.75) is 24.3 Å². The minimum absolute atomic E-state index is 0.0580. The van der Waals surface area contributed by atoms with Gasteiger partial charge < -0.3 is 9.88 Å². The molecule has 0 saturated heterocycles. The molecular weight excluding hydrogens is 268 g/mol. The quantitative estimate of drug-likeness (QED) is 0.874. The summed E-state index contributed by atoms with van der Waals surface area (Å²) in [6.07, 6.45) is 3.58. The lowest BCUT2D eigenvalue weighted by Crippen LogP contribution is -2.22. The smallest absolute Gasteiger partial charge is 0.239 e. The van der Waals surface area contributed by atoms with Gasteiger partial charge in [0, 0.05) is 24.8 Å². The number of aryl methyl sites for hydroxylation is 2. The van der Waals surface area contributed by atoms with E-state index in [-0.39, 0.29) is 11.2 Å². The second kappa shape index (κ2) is 5.53. The number of nitrogens with zero attached hydrogens (tertiary/aromatic N) is 3. The molecular formula is C11H14N4OS2. The third-order valence-electron chi connectivity index (χ3n) is 2.28. The summed E-state index contributed by atoms with van der Waals surface area (Å²) in [6, 6.07) is 0. The number of aromatic nitrogens is 3. The Morgan fingerprint density at radius 3 is 2.94 bits per heavy atom. The third kappa shape index (κ3) is 3.11. The van der Waals surface area contributed by atoms with Gasteiger partial charge in [0.15, 0.2) is 10.3 Å². The van der Waals surface area contributed by atoms with Crippen LogP contribution in [0.5, 0.6) is 0 Å². The van der Waals surface area contributed by atoms with Crippen LogP contribution in [0.4, 0.5) is 5.13 Å². The lowest BCUT2D eigenvalue weighted by Gasteiger charge is -2.09. The van der Waals surface area contributed by atoms with Gasteiger partial charge >= 0.3 is 0 Å². The molecule has 2 aromatic rings. The number of rotatable bonds is 4. The first-order valence-electron chi connectivity index (χ1n) is 5.43. The van der Waals surface area contributed by atoms with E-state index in [9.17, 15) is 4.79 Å². The van der Waals surface area contributed by atoms with Crippen LogP contribution in [-0.4, -0.2) is 25.7 Å². The van der Waals surface area contributed by atoms with Crippen LogP contribution in [0.15, 0.2) is 22.9 Å². The molecule has 0 aliphatic rings. The summed E-state index contributed by atoms with van der Waals surface area (Å²) in [5.41, 5.74) is 0.916. The minimum atomic E-state index is -0.213. The standard InChI is InChI=1S/C11H14N4OS2/c1-7-6-17-10(13-7)14-9(16)8(2)18-11-12-4-5-15(11)3/h4-6,8H,1-3H3,(H,13,14,16). The van der Waals surface area contributed by atoms with E-state index < -0.39 is 0 Å². The predicted molar refractivity (Wildman–Crippen MR) is 74.0 cm³/mol. The van der Waals surface area contributed by atoms with Crippen LogP contribution in [0.1, 0.15) is 12.6 Å². The number of carbonyl (C=O) groups excluding carboxylic acids is 1. The number of amides is 1. The zero-order valence-corrected chi connectivity index (χ0v) is 12.0. The molecule has 0 aromatic carbocycles. The molecule has 1 atom stereocenters. The van der Waals surface area contributed by atoms with Gasteiger partial charge in [-0.05, 0) is 13.8 Å². The molecule has 5 nitrogen and oxygen atoms in total. The van der Waals surface area contributed by atoms with Crippen molar-refractivity contribution in [1.82, 2.24) is 14.5 Å². The van der Waals surface area contributed by atoms with E-state index in [1.165, 1.54) is 23.1 Å². The van der Waals surface area contributed by atoms with Crippen LogP contribution in [0, 0.1) is 6.92 Å². The molecule has 96 valence electrons. The Kier molecular flexibility index (Phi) is 4.03. The van der Waals surface area contributed by atoms with E-state index >= 15 is 0 Å². The molecule has 0 fully saturated rings. The second-order valence-corrected chi connectivity index (χ2v) is 6.03. The van der Waals surface area contributed by atoms with Gasteiger partial charge in [-0.3, -0.25) is 4.79 Å². The van der Waals surface area contributed by atoms with Crippen molar-refractivity contribution in [3.63, 3.8) is 0 Å². The van der Waals surface area contributed by atoms with Gasteiger partial charge in [0.25, 0.3) is 0 Å². The molecule has 1 N–H and O–H groups in total. The van der Waals surface area contributed by atoms with E-state index in [1.807, 2.05) is 37.0 Å². The molecule has 2 heterocycles. The molecule has 1 amide bonds. The van der Waals surface area contributed by atoms with Crippen LogP contribution >= 0.6 is 23.1 Å². The predicted octanol–water partition coefficient (Wildman–Crippen LogP) is 2.30. The van der Waals surface area contributed by atoms with Crippen molar-refractivity contribution in [3.8, 4) is 0 Å². The maximum atomic E-state index is 12.0. The lowest BCUT2D eigenvalue weighted by molar-refractivity contribution is -0.115. The zero-order valence-electron chi connectivity index (χ0n) is 10.4. The zero-order chi connectivity index (χ0) is 13.1. The highest BCUT2D eigenvalue weighted by atomic mass is 32.2. The monoisotopic (exact) mass is 282 g/mol. The first-order chi connectivity index (χ1) is 8.56. The highest BCUT2D eigenvalue weighted by Gasteiger charge is 2.17. The van der Waals surface area contributed by atoms with Crippen molar-refractivity contribution in [2.75, 3.05) is 5.32 Å². The summed E-state index contributed by atoms with van der Waals surface area (Å²) >= 11 is 2.86. The molecule has 0 radical (unpaired) electrons. The Hall–Kier alpha value is -1.34. The third-order valence-corrected chi connectivity index (χ3v) is 4.32. The van der Waals surface area contributed by atoms with Crippen molar-refractivity contribution < 1.29 is 4.79 Å². The van der Waals surface area contributed by atoms with Crippen molar-refractivity contribution in [3.05, 3.63) is 23.5 Å². The van der Waals surface area contributed by atoms with Gasteiger partial charge in [-0.2, -0.15) is 0 Å². The number of anilines is 1. The molecule has 0 bridgehead atoms. The van der Waals surface area contributed by atoms with Crippen molar-refractivity contribution >= 4 is 34.1 Å². The molecule has 1 unspecified atom stereocenters. The van der Waals surface area contributed by atoms with Crippen molar-refractivity contribution in [1.29, 1.82) is 0 Å². The minimum Gasteiger partial charge on any atom is -0.329 e. The fourth-order valence-corrected chi connectivity index (χ4v) is 2.82. The Morgan fingerprint density at radius 2 is 2.39 bits per heavy atom. The number of hydrogen-bond acceptors (Lipinski definition) is 5. The molecule has 0 aliphatic carbocycles. The van der Waals surface area contributed by atoms with E-state index in [0.717, 1.165) is 10.9 Å². The van der Waals surface area contributed by atoms with Crippen LogP contribution in [0.2, 0.25) is 0 Å². The number of thioether (sulfide) groups is 1. The van der Waals surface area contributed by atoms with Crippen LogP contribution < -0.4 is 5.32 Å². The normalized spacial score (nSPS) is 12.4. The van der Waals surface area contributed by atoms with Gasteiger partial charge in [0.1, 0.15) is 0 Å². The van der Waals surface area contributed by atoms with Gasteiger partial charge in [0.05, 0.1) is 10.9 Å². The summed E-state index contributed by atoms with van der Waals surface area (Å²) in [7, 11) is 1.91. The first-order valence-corrected chi connectivity index (χ1v) is 7.19. The topological polar surface area (TPSA) is 59.8 Å². The summed E-state index contributed by atoms with van der Waals surface area (Å²) in [5.74, 6) is -0.0580. The van der Waals surface area contributed by atoms with Crippen molar-refractivity contribution in [2.24, 2.45) is 7.05 Å². The average Bonchev–Trinajstić information content (AvgIpc) is 2.89. The molecule has 0 spiro atoms. The average molecular weight is 282 g/mol. The van der Waals surface area contributed by atoms with Gasteiger partial charge in [-0.25, -0.2) is 9.97 Å². The first kappa shape index (κ1) is 13.1. The maximum Gasteiger partial charge on any atom is 0.239 e. The molecule has 2 aromatic heterocycles. The Morgan fingerprint density at radius 1 is 1.61 bits per heavy atom. The molecule has 0 saturated carbocycles. The summed E-state index contributed by atoms with van der Waals surface area (Å²) in [6.45, 7) is 3.76. The fourth-order valence-electron chi connectivity index (χ4n) is 1.30. The Bertz CT molecular complexity index is 549. The van der Waals surface area contributed by atoms with E-state index in [2.05, 4.69) is 15.3 Å². The number of hydrogen-bond donors (Lipinski definition) is 1. The second-order valence-electron chi connectivity index (χ2n) is 3.86. The van der Waals surface area contributed by atoms with Crippen LogP contribution in [0.3, 0.4) is 0 Å². The highest BCUT2D eigenvalue weighted by molar-refractivity contribution is 8.00. The van der Waals surface area contributed by atoms with Gasteiger partial charge in [0.2, 0.25) is 5.91 Å². The van der Waals surface area contributed by atoms with Crippen LogP contribution in [0.25, 0.3) is 0 Å². The molecule has 0 aliphatic heterocycles. The number of imidazole rings is 1. The largest absolute Gasteiger partial charge is 0.329 e. The molecule has 2 rings (SSSR count). The maximum absolute atomic E-state index is 12.0. The SMILES string of the molecule is Cc1csc(NC(=O)C(C)Sc2nccn2C)n1. The molecule has 7 heteroatoms. The Labute approximate surface area is 114 Å². The number of nitrogens with one attached hydrogen (secondary N) is 1. The van der Waals surface area contributed by atoms with Gasteiger partial charge in [-0.1, -0.05) is 11.8 Å². The Balaban J connectivity index is 1.95. The number of thiazole rings is 1. The van der Waals surface area contributed by atoms with Crippen LogP contribution in [-0.2, 0) is 11.8 Å². The summed E-state index contributed by atoms with van der Waals surface area (Å²) in [5, 5.41) is 5.97. The van der Waals surface area contributed by atoms with Gasteiger partial charge in [-0.15, -0.1) is 11.3 Å². The highest BCUT2D eigenvalue weighted by Crippen LogP contribution is 2.22. The molecule has 18 heavy (non-hydrogen) atoms. The van der Waals surface area contributed by atoms with E-state index in [4.69, 9.17) is 0 Å². The lowest BCUT2D eigenvalue weighted by atomic mass is 10.4. The van der Waals surface area contributed by atoms with E-state index in [0.29, 0.717) is 5.13 Å². The fraction of sp³-hybridized carbons (Fsp3) is 0.364. The van der Waals surface area contributed by atoms with E-state index in [1.54, 1.807) is 6.20 Å². The summed E-state index contributed by atoms with van der Waals surface area (Å²) < 4.78 is 1.89. The number of carbonyl (C=O) groups is 1. The summed E-state index contributed by atoms with van der Waals surface area (Å²) in [4.78, 5) is 20.3.